The number of aromatic nitrogens is 1. The molecule has 1 aliphatic heterocycles. The van der Waals surface area contributed by atoms with Crippen LogP contribution in [-0.2, 0) is 11.3 Å². The lowest BCUT2D eigenvalue weighted by molar-refractivity contribution is -0.117. The van der Waals surface area contributed by atoms with Crippen LogP contribution in [0.5, 0.6) is 0 Å². The fourth-order valence-electron chi connectivity index (χ4n) is 3.48. The van der Waals surface area contributed by atoms with Gasteiger partial charge in [-0.2, -0.15) is 0 Å². The third-order valence-electron chi connectivity index (χ3n) is 5.11. The molecule has 1 aliphatic rings. The third kappa shape index (κ3) is 4.78. The lowest BCUT2D eigenvalue weighted by atomic mass is 10.1. The summed E-state index contributed by atoms with van der Waals surface area (Å²) in [6.45, 7) is 1.04. The van der Waals surface area contributed by atoms with E-state index in [9.17, 15) is 14.4 Å². The van der Waals surface area contributed by atoms with Crippen LogP contribution in [0.1, 0.15) is 39.1 Å². The van der Waals surface area contributed by atoms with Crippen LogP contribution in [-0.4, -0.2) is 29.3 Å². The zero-order chi connectivity index (χ0) is 21.6. The molecule has 2 N–H and O–H groups in total. The molecule has 0 spiro atoms. The first-order valence-corrected chi connectivity index (χ1v) is 10.1. The molecular formula is C24H22N4O3. The molecule has 0 bridgehead atoms. The Morgan fingerprint density at radius 3 is 2.48 bits per heavy atom. The van der Waals surface area contributed by atoms with Gasteiger partial charge in [-0.05, 0) is 54.4 Å². The Balaban J connectivity index is 1.43. The van der Waals surface area contributed by atoms with E-state index >= 15 is 0 Å². The average molecular weight is 414 g/mol. The van der Waals surface area contributed by atoms with E-state index in [4.69, 9.17) is 0 Å². The van der Waals surface area contributed by atoms with Gasteiger partial charge < -0.3 is 15.5 Å². The molecular weight excluding hydrogens is 392 g/mol. The Morgan fingerprint density at radius 2 is 1.77 bits per heavy atom. The van der Waals surface area contributed by atoms with Gasteiger partial charge in [0, 0.05) is 43.2 Å². The maximum atomic E-state index is 12.7. The highest BCUT2D eigenvalue weighted by molar-refractivity contribution is 6.09. The third-order valence-corrected chi connectivity index (χ3v) is 5.11. The maximum absolute atomic E-state index is 12.7. The molecule has 156 valence electrons. The lowest BCUT2D eigenvalue weighted by Crippen LogP contribution is -2.25. The van der Waals surface area contributed by atoms with Gasteiger partial charge in [0.15, 0.2) is 0 Å². The van der Waals surface area contributed by atoms with Crippen molar-refractivity contribution >= 4 is 29.1 Å². The van der Waals surface area contributed by atoms with Crippen molar-refractivity contribution in [1.82, 2.24) is 10.3 Å². The number of benzene rings is 2. The number of hydrogen-bond donors (Lipinski definition) is 2. The molecule has 31 heavy (non-hydrogen) atoms. The zero-order valence-corrected chi connectivity index (χ0v) is 16.9. The summed E-state index contributed by atoms with van der Waals surface area (Å²) in [7, 11) is 0. The number of nitrogens with zero attached hydrogens (tertiary/aromatic N) is 2. The van der Waals surface area contributed by atoms with E-state index in [0.29, 0.717) is 36.3 Å². The van der Waals surface area contributed by atoms with Crippen molar-refractivity contribution in [3.8, 4) is 0 Å². The van der Waals surface area contributed by atoms with Crippen molar-refractivity contribution in [2.75, 3.05) is 16.8 Å². The summed E-state index contributed by atoms with van der Waals surface area (Å²) in [5.41, 5.74) is 2.91. The van der Waals surface area contributed by atoms with E-state index < -0.39 is 0 Å². The van der Waals surface area contributed by atoms with Gasteiger partial charge in [-0.3, -0.25) is 19.4 Å². The highest BCUT2D eigenvalue weighted by Gasteiger charge is 2.22. The van der Waals surface area contributed by atoms with E-state index in [0.717, 1.165) is 17.7 Å². The molecule has 7 nitrogen and oxygen atoms in total. The first-order chi connectivity index (χ1) is 15.1. The number of rotatable bonds is 6. The standard InChI is InChI=1S/C24H22N4O3/c29-22-8-4-14-28(22)19-11-9-18(10-12-19)23(30)27-21-7-2-1-6-20(21)24(31)26-16-17-5-3-13-25-15-17/h1-3,5-7,9-13,15H,4,8,14,16H2,(H,26,31)(H,27,30). The Labute approximate surface area is 180 Å². The molecule has 2 heterocycles. The fourth-order valence-corrected chi connectivity index (χ4v) is 3.48. The van der Waals surface area contributed by atoms with E-state index in [1.807, 2.05) is 6.07 Å². The molecule has 7 heteroatoms. The molecule has 1 aromatic heterocycles. The SMILES string of the molecule is O=C(Nc1ccccc1C(=O)NCc1cccnc1)c1ccc(N2CCCC2=O)cc1. The molecule has 3 amide bonds. The van der Waals surface area contributed by atoms with Gasteiger partial charge in [0.25, 0.3) is 11.8 Å². The quantitative estimate of drug-likeness (QED) is 0.647. The fraction of sp³-hybridized carbons (Fsp3) is 0.167. The predicted molar refractivity (Wildman–Crippen MR) is 118 cm³/mol. The van der Waals surface area contributed by atoms with Crippen molar-refractivity contribution in [3.05, 3.63) is 89.7 Å². The van der Waals surface area contributed by atoms with Crippen molar-refractivity contribution < 1.29 is 14.4 Å². The van der Waals surface area contributed by atoms with Crippen molar-refractivity contribution in [2.24, 2.45) is 0 Å². The van der Waals surface area contributed by atoms with Crippen LogP contribution < -0.4 is 15.5 Å². The second-order valence-electron chi connectivity index (χ2n) is 7.24. The number of anilines is 2. The van der Waals surface area contributed by atoms with Crippen LogP contribution in [0.15, 0.2) is 73.1 Å². The number of carbonyl (C=O) groups excluding carboxylic acids is 3. The van der Waals surface area contributed by atoms with E-state index in [1.54, 1.807) is 71.9 Å². The highest BCUT2D eigenvalue weighted by Crippen LogP contribution is 2.22. The summed E-state index contributed by atoms with van der Waals surface area (Å²) >= 11 is 0. The summed E-state index contributed by atoms with van der Waals surface area (Å²) in [6, 6.07) is 17.4. The van der Waals surface area contributed by atoms with Crippen molar-refractivity contribution in [3.63, 3.8) is 0 Å². The average Bonchev–Trinajstić information content (AvgIpc) is 3.24. The van der Waals surface area contributed by atoms with Crippen LogP contribution in [0.4, 0.5) is 11.4 Å². The summed E-state index contributed by atoms with van der Waals surface area (Å²) < 4.78 is 0. The van der Waals surface area contributed by atoms with Crippen LogP contribution in [0.3, 0.4) is 0 Å². The topological polar surface area (TPSA) is 91.4 Å². The molecule has 1 saturated heterocycles. The first kappa shape index (κ1) is 20.3. The predicted octanol–water partition coefficient (Wildman–Crippen LogP) is 3.39. The van der Waals surface area contributed by atoms with Gasteiger partial charge >= 0.3 is 0 Å². The normalized spacial score (nSPS) is 13.2. The van der Waals surface area contributed by atoms with Gasteiger partial charge in [0.1, 0.15) is 0 Å². The van der Waals surface area contributed by atoms with E-state index in [-0.39, 0.29) is 17.7 Å². The molecule has 0 radical (unpaired) electrons. The molecule has 0 atom stereocenters. The molecule has 4 rings (SSSR count). The van der Waals surface area contributed by atoms with Crippen LogP contribution in [0.25, 0.3) is 0 Å². The summed E-state index contributed by atoms with van der Waals surface area (Å²) in [4.78, 5) is 43.0. The number of amides is 3. The first-order valence-electron chi connectivity index (χ1n) is 10.1. The molecule has 0 aliphatic carbocycles. The summed E-state index contributed by atoms with van der Waals surface area (Å²) in [5.74, 6) is -0.516. The maximum Gasteiger partial charge on any atom is 0.255 e. The summed E-state index contributed by atoms with van der Waals surface area (Å²) in [6.07, 6.45) is 4.77. The Kier molecular flexibility index (Phi) is 6.03. The summed E-state index contributed by atoms with van der Waals surface area (Å²) in [5, 5.41) is 5.65. The van der Waals surface area contributed by atoms with Crippen LogP contribution >= 0.6 is 0 Å². The minimum Gasteiger partial charge on any atom is -0.348 e. The van der Waals surface area contributed by atoms with Crippen LogP contribution in [0, 0.1) is 0 Å². The van der Waals surface area contributed by atoms with Gasteiger partial charge in [0.2, 0.25) is 5.91 Å². The second kappa shape index (κ2) is 9.21. The molecule has 0 saturated carbocycles. The number of pyridine rings is 1. The van der Waals surface area contributed by atoms with Gasteiger partial charge in [-0.1, -0.05) is 18.2 Å². The van der Waals surface area contributed by atoms with Crippen molar-refractivity contribution in [1.29, 1.82) is 0 Å². The largest absolute Gasteiger partial charge is 0.348 e. The minimum absolute atomic E-state index is 0.100. The Hall–Kier alpha value is -4.00. The van der Waals surface area contributed by atoms with Crippen molar-refractivity contribution in [2.45, 2.75) is 19.4 Å². The second-order valence-corrected chi connectivity index (χ2v) is 7.24. The Morgan fingerprint density at radius 1 is 0.968 bits per heavy atom. The molecule has 0 unspecified atom stereocenters. The lowest BCUT2D eigenvalue weighted by Gasteiger charge is -2.16. The zero-order valence-electron chi connectivity index (χ0n) is 16.9. The minimum atomic E-state index is -0.327. The Bertz CT molecular complexity index is 1100. The smallest absolute Gasteiger partial charge is 0.255 e. The number of carbonyl (C=O) groups is 3. The van der Waals surface area contributed by atoms with Gasteiger partial charge in [-0.25, -0.2) is 0 Å². The number of nitrogens with one attached hydrogen (secondary N) is 2. The van der Waals surface area contributed by atoms with E-state index in [2.05, 4.69) is 15.6 Å². The number of para-hydroxylation sites is 1. The highest BCUT2D eigenvalue weighted by atomic mass is 16.2. The monoisotopic (exact) mass is 414 g/mol. The molecule has 2 aromatic carbocycles. The molecule has 3 aromatic rings. The van der Waals surface area contributed by atoms with Gasteiger partial charge in [-0.15, -0.1) is 0 Å². The van der Waals surface area contributed by atoms with E-state index in [1.165, 1.54) is 0 Å². The van der Waals surface area contributed by atoms with Crippen LogP contribution in [0.2, 0.25) is 0 Å². The number of hydrogen-bond acceptors (Lipinski definition) is 4. The van der Waals surface area contributed by atoms with Gasteiger partial charge in [0.05, 0.1) is 11.3 Å². The molecule has 1 fully saturated rings.